The van der Waals surface area contributed by atoms with Crippen molar-refractivity contribution in [3.05, 3.63) is 70.7 Å². The van der Waals surface area contributed by atoms with Gasteiger partial charge in [-0.05, 0) is 60.2 Å². The Bertz CT molecular complexity index is 1230. The summed E-state index contributed by atoms with van der Waals surface area (Å²) in [5.74, 6) is 1.45. The number of rotatable bonds is 7. The van der Waals surface area contributed by atoms with Crippen LogP contribution < -0.4 is 34.9 Å². The van der Waals surface area contributed by atoms with Gasteiger partial charge in [-0.15, -0.1) is 0 Å². The normalized spacial score (nSPS) is 13.7. The summed E-state index contributed by atoms with van der Waals surface area (Å²) in [6.45, 7) is 0. The largest absolute Gasteiger partial charge is 0.493 e. The van der Waals surface area contributed by atoms with Gasteiger partial charge in [0.1, 0.15) is 5.75 Å². The van der Waals surface area contributed by atoms with Crippen molar-refractivity contribution in [3.8, 4) is 23.0 Å². The van der Waals surface area contributed by atoms with Crippen LogP contribution in [0, 0.1) is 0 Å². The van der Waals surface area contributed by atoms with Gasteiger partial charge in [0.2, 0.25) is 5.75 Å². The molecular weight excluding hydrogens is 490 g/mol. The Morgan fingerprint density at radius 1 is 1.03 bits per heavy atom. The van der Waals surface area contributed by atoms with Crippen molar-refractivity contribution < 1.29 is 23.7 Å². The van der Waals surface area contributed by atoms with Gasteiger partial charge in [0.05, 0.1) is 27.0 Å². The molecule has 1 heterocycles. The van der Waals surface area contributed by atoms with E-state index in [-0.39, 0.29) is 11.3 Å². The maximum atomic E-state index is 12.8. The molecule has 0 bridgehead atoms. The summed E-state index contributed by atoms with van der Waals surface area (Å²) in [6, 6.07) is 16.3. The first-order chi connectivity index (χ1) is 16.9. The zero-order valence-corrected chi connectivity index (χ0v) is 20.9. The van der Waals surface area contributed by atoms with Gasteiger partial charge < -0.3 is 29.6 Å². The second-order valence-corrected chi connectivity index (χ2v) is 8.46. The van der Waals surface area contributed by atoms with Crippen molar-refractivity contribution in [2.45, 2.75) is 12.6 Å². The third-order valence-corrected chi connectivity index (χ3v) is 5.77. The van der Waals surface area contributed by atoms with Gasteiger partial charge in [-0.1, -0.05) is 23.7 Å². The van der Waals surface area contributed by atoms with E-state index in [1.54, 1.807) is 12.1 Å². The minimum atomic E-state index is -0.424. The van der Waals surface area contributed by atoms with Crippen LogP contribution in [0.4, 0.5) is 11.4 Å². The number of carbonyl (C=O) groups excluding carboxylic acids is 1. The molecule has 1 aliphatic rings. The second kappa shape index (κ2) is 10.7. The van der Waals surface area contributed by atoms with Crippen LogP contribution in [0.3, 0.4) is 0 Å². The minimum absolute atomic E-state index is 0.139. The average molecular weight is 514 g/mol. The summed E-state index contributed by atoms with van der Waals surface area (Å²) in [5.41, 5.74) is 2.93. The van der Waals surface area contributed by atoms with Crippen LogP contribution in [0.15, 0.2) is 54.6 Å². The Kier molecular flexibility index (Phi) is 7.48. The fourth-order valence-corrected chi connectivity index (χ4v) is 3.99. The van der Waals surface area contributed by atoms with Gasteiger partial charge >= 0.3 is 0 Å². The summed E-state index contributed by atoms with van der Waals surface area (Å²) in [5, 5.41) is 9.87. The van der Waals surface area contributed by atoms with E-state index in [0.717, 1.165) is 17.0 Å². The third kappa shape index (κ3) is 5.70. The molecule has 3 N–H and O–H groups in total. The lowest BCUT2D eigenvalue weighted by Gasteiger charge is -2.15. The van der Waals surface area contributed by atoms with Crippen molar-refractivity contribution in [1.29, 1.82) is 0 Å². The van der Waals surface area contributed by atoms with Crippen LogP contribution in [0.5, 0.6) is 23.0 Å². The van der Waals surface area contributed by atoms with Crippen LogP contribution in [0.2, 0.25) is 5.02 Å². The summed E-state index contributed by atoms with van der Waals surface area (Å²) >= 11 is 11.3. The molecule has 3 aromatic carbocycles. The molecule has 1 atom stereocenters. The lowest BCUT2D eigenvalue weighted by Crippen LogP contribution is -2.34. The van der Waals surface area contributed by atoms with Crippen LogP contribution >= 0.6 is 23.8 Å². The number of anilines is 2. The van der Waals surface area contributed by atoms with E-state index >= 15 is 0 Å². The fraction of sp³-hybridized carbons (Fsp3) is 0.200. The second-order valence-electron chi connectivity index (χ2n) is 7.61. The number of hydrogen-bond acceptors (Lipinski definition) is 7. The highest BCUT2D eigenvalue weighted by Crippen LogP contribution is 2.38. The van der Waals surface area contributed by atoms with E-state index in [1.165, 1.54) is 21.3 Å². The maximum absolute atomic E-state index is 12.8. The topological polar surface area (TPSA) is 90.1 Å². The molecular formula is C25H24ClN3O5S. The Morgan fingerprint density at radius 2 is 1.71 bits per heavy atom. The predicted octanol–water partition coefficient (Wildman–Crippen LogP) is 4.87. The van der Waals surface area contributed by atoms with E-state index in [1.807, 2.05) is 42.5 Å². The van der Waals surface area contributed by atoms with E-state index in [0.29, 0.717) is 39.9 Å². The number of amides is 1. The Hall–Kier alpha value is -3.69. The maximum Gasteiger partial charge on any atom is 0.257 e. The molecule has 1 aliphatic heterocycles. The van der Waals surface area contributed by atoms with E-state index in [4.69, 9.17) is 42.8 Å². The van der Waals surface area contributed by atoms with Crippen molar-refractivity contribution in [2.75, 3.05) is 32.0 Å². The number of halogens is 1. The van der Waals surface area contributed by atoms with Gasteiger partial charge in [-0.3, -0.25) is 10.1 Å². The number of hydrogen-bond donors (Lipinski definition) is 3. The number of ether oxygens (including phenoxy) is 4. The van der Waals surface area contributed by atoms with Crippen molar-refractivity contribution >= 4 is 46.2 Å². The van der Waals surface area contributed by atoms with E-state index < -0.39 is 5.91 Å². The molecule has 10 heteroatoms. The minimum Gasteiger partial charge on any atom is -0.493 e. The molecule has 4 rings (SSSR count). The lowest BCUT2D eigenvalue weighted by molar-refractivity contribution is 0.0977. The quantitative estimate of drug-likeness (QED) is 0.386. The highest BCUT2D eigenvalue weighted by Gasteiger charge is 2.23. The molecule has 182 valence electrons. The molecule has 0 saturated carbocycles. The Morgan fingerprint density at radius 3 is 2.34 bits per heavy atom. The lowest BCUT2D eigenvalue weighted by atomic mass is 10.1. The van der Waals surface area contributed by atoms with Crippen LogP contribution in [0.1, 0.15) is 15.9 Å². The molecule has 35 heavy (non-hydrogen) atoms. The first kappa shape index (κ1) is 24.4. The molecule has 0 aromatic heterocycles. The average Bonchev–Trinajstić information content (AvgIpc) is 3.25. The molecule has 0 aliphatic carbocycles. The highest BCUT2D eigenvalue weighted by atomic mass is 35.5. The van der Waals surface area contributed by atoms with Crippen molar-refractivity contribution in [2.24, 2.45) is 0 Å². The van der Waals surface area contributed by atoms with Crippen LogP contribution in [0.25, 0.3) is 0 Å². The third-order valence-electron chi connectivity index (χ3n) is 5.31. The number of thiocarbonyl (C=S) groups is 1. The molecule has 0 fully saturated rings. The molecule has 8 nitrogen and oxygen atoms in total. The molecule has 0 saturated heterocycles. The Labute approximate surface area is 213 Å². The number of benzene rings is 3. The van der Waals surface area contributed by atoms with Gasteiger partial charge in [0.15, 0.2) is 22.8 Å². The van der Waals surface area contributed by atoms with E-state index in [9.17, 15) is 4.79 Å². The smallest absolute Gasteiger partial charge is 0.257 e. The number of fused-ring (bicyclic) bond motifs is 1. The summed E-state index contributed by atoms with van der Waals surface area (Å²) in [6.07, 6.45) is 0.478. The Balaban J connectivity index is 1.38. The van der Waals surface area contributed by atoms with Crippen LogP contribution in [-0.2, 0) is 6.42 Å². The monoisotopic (exact) mass is 513 g/mol. The molecule has 0 spiro atoms. The van der Waals surface area contributed by atoms with Crippen molar-refractivity contribution in [3.63, 3.8) is 0 Å². The SMILES string of the molecule is COc1cc(C(=O)NC(=S)Nc2ccc3c(c2)NC(Cc2ccc(Cl)cc2)O3)cc(OC)c1OC. The summed E-state index contributed by atoms with van der Waals surface area (Å²) < 4.78 is 21.9. The summed E-state index contributed by atoms with van der Waals surface area (Å²) in [7, 11) is 4.46. The zero-order valence-electron chi connectivity index (χ0n) is 19.3. The number of methoxy groups -OCH3 is 3. The predicted molar refractivity (Wildman–Crippen MR) is 139 cm³/mol. The standard InChI is InChI=1S/C25H24ClN3O5S/c1-31-20-11-15(12-21(32-2)23(20)33-3)24(30)29-25(35)27-17-8-9-19-18(13-17)28-22(34-19)10-14-4-6-16(26)7-5-14/h4-9,11-13,22,28H,10H2,1-3H3,(H2,27,29,30,35). The van der Waals surface area contributed by atoms with Gasteiger partial charge in [0.25, 0.3) is 5.91 Å². The fourth-order valence-electron chi connectivity index (χ4n) is 3.66. The molecule has 1 amide bonds. The number of carbonyl (C=O) groups is 1. The molecule has 1 unspecified atom stereocenters. The van der Waals surface area contributed by atoms with Crippen molar-refractivity contribution in [1.82, 2.24) is 5.32 Å². The first-order valence-corrected chi connectivity index (χ1v) is 11.4. The van der Waals surface area contributed by atoms with Gasteiger partial charge in [-0.2, -0.15) is 0 Å². The highest BCUT2D eigenvalue weighted by molar-refractivity contribution is 7.80. The zero-order chi connectivity index (χ0) is 24.9. The molecule has 0 radical (unpaired) electrons. The molecule has 3 aromatic rings. The van der Waals surface area contributed by atoms with Gasteiger partial charge in [-0.25, -0.2) is 0 Å². The first-order valence-electron chi connectivity index (χ1n) is 10.6. The van der Waals surface area contributed by atoms with E-state index in [2.05, 4.69) is 16.0 Å². The summed E-state index contributed by atoms with van der Waals surface area (Å²) in [4.78, 5) is 12.8. The number of nitrogens with one attached hydrogen (secondary N) is 3. The van der Waals surface area contributed by atoms with Gasteiger partial charge in [0, 0.05) is 22.7 Å². The van der Waals surface area contributed by atoms with Crippen LogP contribution in [-0.4, -0.2) is 38.6 Å².